The van der Waals surface area contributed by atoms with Crippen LogP contribution in [-0.2, 0) is 4.74 Å². The van der Waals surface area contributed by atoms with E-state index in [9.17, 15) is 4.39 Å². The lowest BCUT2D eigenvalue weighted by molar-refractivity contribution is 0.0186. The van der Waals surface area contributed by atoms with Gasteiger partial charge in [0.1, 0.15) is 18.2 Å². The molecule has 3 rings (SSSR count). The Morgan fingerprint density at radius 1 is 1.27 bits per heavy atom. The van der Waals surface area contributed by atoms with Gasteiger partial charge in [0.25, 0.3) is 0 Å². The number of guanidine groups is 1. The number of rotatable bonds is 9. The fourth-order valence-corrected chi connectivity index (χ4v) is 4.02. The molecule has 0 bridgehead atoms. The van der Waals surface area contributed by atoms with Gasteiger partial charge < -0.3 is 20.1 Å². The van der Waals surface area contributed by atoms with Crippen molar-refractivity contribution in [3.63, 3.8) is 0 Å². The largest absolute Gasteiger partial charge is 0.492 e. The molecule has 166 valence electrons. The van der Waals surface area contributed by atoms with Gasteiger partial charge in [-0.1, -0.05) is 12.1 Å². The van der Waals surface area contributed by atoms with Crippen LogP contribution < -0.4 is 15.4 Å². The van der Waals surface area contributed by atoms with Crippen molar-refractivity contribution in [2.75, 3.05) is 52.5 Å². The Balaban J connectivity index is 0.00000320. The monoisotopic (exact) mass is 548 g/mol. The van der Waals surface area contributed by atoms with Crippen molar-refractivity contribution in [3.8, 4) is 5.75 Å². The first kappa shape index (κ1) is 24.8. The SMILES string of the molecule is CCNC(=NCC(c1cccs1)N1CCOCC1)NCCOc1cccc(F)c1.I. The van der Waals surface area contributed by atoms with E-state index in [1.54, 1.807) is 23.5 Å². The molecule has 1 fully saturated rings. The predicted molar refractivity (Wildman–Crippen MR) is 131 cm³/mol. The van der Waals surface area contributed by atoms with Crippen molar-refractivity contribution in [1.29, 1.82) is 0 Å². The molecule has 1 aromatic heterocycles. The van der Waals surface area contributed by atoms with Gasteiger partial charge in [0.05, 0.1) is 32.3 Å². The number of nitrogens with zero attached hydrogens (tertiary/aromatic N) is 2. The van der Waals surface area contributed by atoms with Crippen LogP contribution in [0.3, 0.4) is 0 Å². The van der Waals surface area contributed by atoms with Crippen molar-refractivity contribution in [1.82, 2.24) is 15.5 Å². The van der Waals surface area contributed by atoms with Gasteiger partial charge in [-0.15, -0.1) is 35.3 Å². The number of hydrogen-bond donors (Lipinski definition) is 2. The fraction of sp³-hybridized carbons (Fsp3) is 0.476. The van der Waals surface area contributed by atoms with Crippen molar-refractivity contribution in [3.05, 3.63) is 52.5 Å². The highest BCUT2D eigenvalue weighted by atomic mass is 127. The van der Waals surface area contributed by atoms with Crippen molar-refractivity contribution in [2.45, 2.75) is 13.0 Å². The van der Waals surface area contributed by atoms with Gasteiger partial charge in [-0.2, -0.15) is 0 Å². The molecular weight excluding hydrogens is 518 g/mol. The van der Waals surface area contributed by atoms with Gasteiger partial charge in [-0.05, 0) is 30.5 Å². The number of nitrogens with one attached hydrogen (secondary N) is 2. The molecule has 1 atom stereocenters. The summed E-state index contributed by atoms with van der Waals surface area (Å²) in [7, 11) is 0. The molecule has 2 aromatic rings. The Morgan fingerprint density at radius 3 is 2.80 bits per heavy atom. The van der Waals surface area contributed by atoms with Gasteiger partial charge in [0.15, 0.2) is 5.96 Å². The van der Waals surface area contributed by atoms with Crippen LogP contribution >= 0.6 is 35.3 Å². The third-order valence-corrected chi connectivity index (χ3v) is 5.56. The molecule has 9 heteroatoms. The molecule has 0 amide bonds. The van der Waals surface area contributed by atoms with E-state index in [0.717, 1.165) is 38.8 Å². The Kier molecular flexibility index (Phi) is 11.4. The molecule has 1 aromatic carbocycles. The second-order valence-corrected chi connectivity index (χ2v) is 7.61. The standard InChI is InChI=1S/C21H29FN4O2S.HI/c1-2-23-21(24-8-11-28-18-6-3-5-17(22)15-18)25-16-19(20-7-4-14-29-20)26-9-12-27-13-10-26;/h3-7,14-15,19H,2,8-13,16H2,1H3,(H2,23,24,25);1H. The van der Waals surface area contributed by atoms with Crippen molar-refractivity contribution < 1.29 is 13.9 Å². The molecule has 0 radical (unpaired) electrons. The summed E-state index contributed by atoms with van der Waals surface area (Å²) in [5, 5.41) is 8.68. The number of aliphatic imine (C=N–C) groups is 1. The van der Waals surface area contributed by atoms with Crippen LogP contribution in [0, 0.1) is 5.82 Å². The maximum Gasteiger partial charge on any atom is 0.191 e. The van der Waals surface area contributed by atoms with E-state index in [4.69, 9.17) is 14.5 Å². The molecule has 0 aliphatic carbocycles. The van der Waals surface area contributed by atoms with Gasteiger partial charge in [-0.3, -0.25) is 9.89 Å². The quantitative estimate of drug-likeness (QED) is 0.218. The summed E-state index contributed by atoms with van der Waals surface area (Å²) >= 11 is 1.77. The number of hydrogen-bond acceptors (Lipinski definition) is 5. The summed E-state index contributed by atoms with van der Waals surface area (Å²) in [6, 6.07) is 10.7. The Morgan fingerprint density at radius 2 is 2.10 bits per heavy atom. The number of thiophene rings is 1. The van der Waals surface area contributed by atoms with Crippen LogP contribution in [-0.4, -0.2) is 63.4 Å². The molecule has 1 unspecified atom stereocenters. The van der Waals surface area contributed by atoms with Crippen LogP contribution in [0.5, 0.6) is 5.75 Å². The molecule has 1 aliphatic heterocycles. The van der Waals surface area contributed by atoms with E-state index >= 15 is 0 Å². The zero-order chi connectivity index (χ0) is 20.3. The lowest BCUT2D eigenvalue weighted by Gasteiger charge is -2.33. The number of ether oxygens (including phenoxy) is 2. The normalized spacial score (nSPS) is 15.9. The summed E-state index contributed by atoms with van der Waals surface area (Å²) in [6.07, 6.45) is 0. The maximum atomic E-state index is 13.2. The van der Waals surface area contributed by atoms with E-state index in [-0.39, 0.29) is 35.8 Å². The first-order chi connectivity index (χ1) is 14.3. The van der Waals surface area contributed by atoms with E-state index < -0.39 is 0 Å². The second kappa shape index (κ2) is 13.8. The summed E-state index contributed by atoms with van der Waals surface area (Å²) in [6.45, 7) is 7.85. The Bertz CT molecular complexity index is 757. The third kappa shape index (κ3) is 8.01. The minimum atomic E-state index is -0.298. The van der Waals surface area contributed by atoms with Gasteiger partial charge in [0, 0.05) is 30.6 Å². The average Bonchev–Trinajstić information content (AvgIpc) is 3.26. The summed E-state index contributed by atoms with van der Waals surface area (Å²) in [5.41, 5.74) is 0. The van der Waals surface area contributed by atoms with Crippen LogP contribution in [0.15, 0.2) is 46.8 Å². The molecule has 1 saturated heterocycles. The average molecular weight is 548 g/mol. The van der Waals surface area contributed by atoms with E-state index in [1.807, 2.05) is 6.92 Å². The molecule has 1 aliphatic rings. The lowest BCUT2D eigenvalue weighted by Crippen LogP contribution is -2.42. The minimum absolute atomic E-state index is 0. The summed E-state index contributed by atoms with van der Waals surface area (Å²) < 4.78 is 24.3. The number of morpholine rings is 1. The van der Waals surface area contributed by atoms with Crippen molar-refractivity contribution in [2.24, 2.45) is 4.99 Å². The lowest BCUT2D eigenvalue weighted by atomic mass is 10.2. The second-order valence-electron chi connectivity index (χ2n) is 6.63. The zero-order valence-electron chi connectivity index (χ0n) is 17.2. The highest BCUT2D eigenvalue weighted by molar-refractivity contribution is 14.0. The molecular formula is C21H30FIN4O2S. The summed E-state index contributed by atoms with van der Waals surface area (Å²) in [4.78, 5) is 8.57. The first-order valence-corrected chi connectivity index (χ1v) is 10.9. The van der Waals surface area contributed by atoms with Crippen LogP contribution in [0.25, 0.3) is 0 Å². The van der Waals surface area contributed by atoms with Crippen LogP contribution in [0.1, 0.15) is 17.8 Å². The van der Waals surface area contributed by atoms with Gasteiger partial charge in [0.2, 0.25) is 0 Å². The third-order valence-electron chi connectivity index (χ3n) is 4.58. The fourth-order valence-electron chi connectivity index (χ4n) is 3.17. The van der Waals surface area contributed by atoms with Crippen molar-refractivity contribution >= 4 is 41.3 Å². The molecule has 6 nitrogen and oxygen atoms in total. The van der Waals surface area contributed by atoms with Crippen LogP contribution in [0.4, 0.5) is 4.39 Å². The highest BCUT2D eigenvalue weighted by Crippen LogP contribution is 2.26. The van der Waals surface area contributed by atoms with Gasteiger partial charge >= 0.3 is 0 Å². The molecule has 30 heavy (non-hydrogen) atoms. The van der Waals surface area contributed by atoms with E-state index in [0.29, 0.717) is 25.4 Å². The first-order valence-electron chi connectivity index (χ1n) is 10.0. The molecule has 2 heterocycles. The number of benzene rings is 1. The van der Waals surface area contributed by atoms with E-state index in [1.165, 1.54) is 17.0 Å². The van der Waals surface area contributed by atoms with Crippen LogP contribution in [0.2, 0.25) is 0 Å². The smallest absolute Gasteiger partial charge is 0.191 e. The zero-order valence-corrected chi connectivity index (χ0v) is 20.3. The predicted octanol–water partition coefficient (Wildman–Crippen LogP) is 3.51. The minimum Gasteiger partial charge on any atom is -0.492 e. The highest BCUT2D eigenvalue weighted by Gasteiger charge is 2.23. The maximum absolute atomic E-state index is 13.2. The molecule has 2 N–H and O–H groups in total. The molecule has 0 spiro atoms. The van der Waals surface area contributed by atoms with E-state index in [2.05, 4.69) is 33.0 Å². The Hall–Kier alpha value is -1.43. The number of halogens is 2. The summed E-state index contributed by atoms with van der Waals surface area (Å²) in [5.74, 6) is 0.983. The molecule has 0 saturated carbocycles. The topological polar surface area (TPSA) is 58.1 Å². The van der Waals surface area contributed by atoms with Gasteiger partial charge in [-0.25, -0.2) is 4.39 Å². The Labute approximate surface area is 198 Å².